The van der Waals surface area contributed by atoms with Gasteiger partial charge < -0.3 is 9.88 Å². The van der Waals surface area contributed by atoms with Gasteiger partial charge in [-0.15, -0.1) is 11.3 Å². The van der Waals surface area contributed by atoms with E-state index in [1.54, 1.807) is 23.9 Å². The summed E-state index contributed by atoms with van der Waals surface area (Å²) in [6, 6.07) is 8.04. The second-order valence-electron chi connectivity index (χ2n) is 6.13. The molecule has 1 N–H and O–H groups in total. The second kappa shape index (κ2) is 7.61. The van der Waals surface area contributed by atoms with Gasteiger partial charge in [-0.3, -0.25) is 4.79 Å². The second-order valence-corrected chi connectivity index (χ2v) is 7.33. The van der Waals surface area contributed by atoms with E-state index in [0.29, 0.717) is 18.2 Å². The van der Waals surface area contributed by atoms with E-state index in [-0.39, 0.29) is 5.91 Å². The van der Waals surface area contributed by atoms with Gasteiger partial charge in [0.2, 0.25) is 0 Å². The molecule has 0 aliphatic heterocycles. The summed E-state index contributed by atoms with van der Waals surface area (Å²) >= 11 is 1.66. The van der Waals surface area contributed by atoms with Crippen molar-refractivity contribution in [2.45, 2.75) is 33.2 Å². The fourth-order valence-corrected chi connectivity index (χ4v) is 3.69. The van der Waals surface area contributed by atoms with E-state index in [9.17, 15) is 4.79 Å². The number of carbonyl (C=O) groups excluding carboxylic acids is 1. The summed E-state index contributed by atoms with van der Waals surface area (Å²) in [6.07, 6.45) is 6.36. The monoisotopic (exact) mass is 354 g/mol. The summed E-state index contributed by atoms with van der Waals surface area (Å²) in [5.41, 5.74) is 2.73. The molecule has 1 atom stereocenters. The first-order valence-electron chi connectivity index (χ1n) is 8.34. The van der Waals surface area contributed by atoms with Gasteiger partial charge in [0.1, 0.15) is 0 Å². The lowest BCUT2D eigenvalue weighted by molar-refractivity contribution is 0.0952. The maximum atomic E-state index is 12.4. The number of nitrogens with one attached hydrogen (secondary N) is 1. The molecule has 0 bridgehead atoms. The van der Waals surface area contributed by atoms with E-state index in [0.717, 1.165) is 27.6 Å². The first kappa shape index (κ1) is 17.4. The van der Waals surface area contributed by atoms with Crippen LogP contribution in [-0.2, 0) is 0 Å². The number of thiazole rings is 1. The maximum Gasteiger partial charge on any atom is 0.251 e. The van der Waals surface area contributed by atoms with Gasteiger partial charge in [-0.25, -0.2) is 9.97 Å². The van der Waals surface area contributed by atoms with Crippen LogP contribution in [0.15, 0.2) is 43.0 Å². The molecule has 0 saturated heterocycles. The Balaban J connectivity index is 1.63. The molecule has 3 rings (SSSR count). The van der Waals surface area contributed by atoms with Crippen molar-refractivity contribution in [1.29, 1.82) is 0 Å². The lowest BCUT2D eigenvalue weighted by atomic mass is 10.1. The normalized spacial score (nSPS) is 12.1. The molecular formula is C19H22N4OS. The van der Waals surface area contributed by atoms with E-state index < -0.39 is 0 Å². The predicted molar refractivity (Wildman–Crippen MR) is 101 cm³/mol. The van der Waals surface area contributed by atoms with Crippen LogP contribution in [0, 0.1) is 13.8 Å². The Morgan fingerprint density at radius 2 is 2.20 bits per heavy atom. The van der Waals surface area contributed by atoms with Crippen LogP contribution in [0.2, 0.25) is 0 Å². The lowest BCUT2D eigenvalue weighted by Gasteiger charge is -2.13. The van der Waals surface area contributed by atoms with Crippen molar-refractivity contribution in [3.05, 3.63) is 59.3 Å². The topological polar surface area (TPSA) is 59.8 Å². The molecule has 0 saturated carbocycles. The van der Waals surface area contributed by atoms with Crippen molar-refractivity contribution >= 4 is 17.2 Å². The molecule has 1 amide bonds. The highest BCUT2D eigenvalue weighted by atomic mass is 32.1. The molecule has 6 heteroatoms. The number of amides is 1. The number of aryl methyl sites for hydroxylation is 2. The smallest absolute Gasteiger partial charge is 0.251 e. The van der Waals surface area contributed by atoms with Crippen LogP contribution >= 0.6 is 11.3 Å². The Kier molecular flexibility index (Phi) is 5.28. The van der Waals surface area contributed by atoms with Crippen molar-refractivity contribution in [2.24, 2.45) is 0 Å². The highest BCUT2D eigenvalue weighted by Gasteiger charge is 2.11. The summed E-state index contributed by atoms with van der Waals surface area (Å²) in [7, 11) is 0. The zero-order valence-corrected chi connectivity index (χ0v) is 15.5. The van der Waals surface area contributed by atoms with Gasteiger partial charge in [-0.1, -0.05) is 12.1 Å². The molecule has 0 aliphatic rings. The Bertz CT molecular complexity index is 854. The first-order chi connectivity index (χ1) is 12.0. The van der Waals surface area contributed by atoms with Crippen LogP contribution < -0.4 is 5.32 Å². The molecule has 5 nitrogen and oxygen atoms in total. The SMILES string of the molecule is Cc1nc(C)c(-c2cccc(C(=O)NCCC(C)n3ccnc3)c2)s1. The third-order valence-corrected chi connectivity index (χ3v) is 5.29. The first-order valence-corrected chi connectivity index (χ1v) is 9.16. The number of benzene rings is 1. The Morgan fingerprint density at radius 3 is 2.88 bits per heavy atom. The molecule has 130 valence electrons. The van der Waals surface area contributed by atoms with Gasteiger partial charge in [0.15, 0.2) is 0 Å². The summed E-state index contributed by atoms with van der Waals surface area (Å²) in [4.78, 5) is 22.1. The molecular weight excluding hydrogens is 332 g/mol. The highest BCUT2D eigenvalue weighted by Crippen LogP contribution is 2.30. The van der Waals surface area contributed by atoms with E-state index in [1.807, 2.05) is 48.9 Å². The molecule has 0 spiro atoms. The van der Waals surface area contributed by atoms with Gasteiger partial charge in [0.05, 0.1) is 21.9 Å². The van der Waals surface area contributed by atoms with E-state index in [2.05, 4.69) is 22.2 Å². The molecule has 0 radical (unpaired) electrons. The molecule has 1 aromatic carbocycles. The Morgan fingerprint density at radius 1 is 1.36 bits per heavy atom. The fourth-order valence-electron chi connectivity index (χ4n) is 2.78. The maximum absolute atomic E-state index is 12.4. The number of hydrogen-bond acceptors (Lipinski definition) is 4. The number of imidazole rings is 1. The number of rotatable bonds is 6. The van der Waals surface area contributed by atoms with Gasteiger partial charge in [0, 0.05) is 30.5 Å². The summed E-state index contributed by atoms with van der Waals surface area (Å²) in [5, 5.41) is 4.04. The minimum absolute atomic E-state index is 0.0430. The fraction of sp³-hybridized carbons (Fsp3) is 0.316. The average Bonchev–Trinajstić information content (AvgIpc) is 3.24. The summed E-state index contributed by atoms with van der Waals surface area (Å²) in [5.74, 6) is -0.0430. The number of nitrogens with zero attached hydrogens (tertiary/aromatic N) is 3. The van der Waals surface area contributed by atoms with Crippen molar-refractivity contribution < 1.29 is 4.79 Å². The van der Waals surface area contributed by atoms with Crippen LogP contribution in [-0.4, -0.2) is 27.0 Å². The molecule has 2 heterocycles. The van der Waals surface area contributed by atoms with Gasteiger partial charge in [-0.2, -0.15) is 0 Å². The van der Waals surface area contributed by atoms with Crippen molar-refractivity contribution in [3.63, 3.8) is 0 Å². The molecule has 2 aromatic heterocycles. The zero-order chi connectivity index (χ0) is 17.8. The highest BCUT2D eigenvalue weighted by molar-refractivity contribution is 7.15. The number of hydrogen-bond donors (Lipinski definition) is 1. The largest absolute Gasteiger partial charge is 0.352 e. The number of aromatic nitrogens is 3. The zero-order valence-electron chi connectivity index (χ0n) is 14.7. The summed E-state index contributed by atoms with van der Waals surface area (Å²) < 4.78 is 2.04. The van der Waals surface area contributed by atoms with E-state index in [1.165, 1.54) is 0 Å². The minimum Gasteiger partial charge on any atom is -0.352 e. The van der Waals surface area contributed by atoms with Gasteiger partial charge >= 0.3 is 0 Å². The van der Waals surface area contributed by atoms with Crippen LogP contribution in [0.4, 0.5) is 0 Å². The third kappa shape index (κ3) is 4.14. The number of carbonyl (C=O) groups is 1. The third-order valence-electron chi connectivity index (χ3n) is 4.17. The van der Waals surface area contributed by atoms with Gasteiger partial charge in [0.25, 0.3) is 5.91 Å². The lowest BCUT2D eigenvalue weighted by Crippen LogP contribution is -2.26. The molecule has 25 heavy (non-hydrogen) atoms. The van der Waals surface area contributed by atoms with Crippen molar-refractivity contribution in [1.82, 2.24) is 19.9 Å². The van der Waals surface area contributed by atoms with Crippen molar-refractivity contribution in [2.75, 3.05) is 6.54 Å². The minimum atomic E-state index is -0.0430. The molecule has 1 unspecified atom stereocenters. The Labute approximate surface area is 151 Å². The van der Waals surface area contributed by atoms with Crippen LogP contribution in [0.5, 0.6) is 0 Å². The standard InChI is InChI=1S/C19H22N4OS/c1-13(23-10-9-20-12-23)7-8-21-19(24)17-6-4-5-16(11-17)18-14(2)22-15(3)25-18/h4-6,9-13H,7-8H2,1-3H3,(H,21,24). The average molecular weight is 354 g/mol. The predicted octanol–water partition coefficient (Wildman–Crippen LogP) is 4.00. The molecule has 0 fully saturated rings. The summed E-state index contributed by atoms with van der Waals surface area (Å²) in [6.45, 7) is 6.74. The van der Waals surface area contributed by atoms with Crippen LogP contribution in [0.1, 0.15) is 40.4 Å². The van der Waals surface area contributed by atoms with Crippen LogP contribution in [0.25, 0.3) is 10.4 Å². The van der Waals surface area contributed by atoms with E-state index >= 15 is 0 Å². The molecule has 0 aliphatic carbocycles. The van der Waals surface area contributed by atoms with Crippen LogP contribution in [0.3, 0.4) is 0 Å². The van der Waals surface area contributed by atoms with E-state index in [4.69, 9.17) is 0 Å². The Hall–Kier alpha value is -2.47. The molecule has 3 aromatic rings. The quantitative estimate of drug-likeness (QED) is 0.728. The van der Waals surface area contributed by atoms with Gasteiger partial charge in [-0.05, 0) is 44.9 Å². The van der Waals surface area contributed by atoms with Crippen molar-refractivity contribution in [3.8, 4) is 10.4 Å².